The molecule has 0 saturated carbocycles. The lowest BCUT2D eigenvalue weighted by molar-refractivity contribution is 0.477. The Hall–Kier alpha value is -2.56. The minimum Gasteiger partial charge on any atom is -0.504 e. The zero-order valence-electron chi connectivity index (χ0n) is 8.91. The van der Waals surface area contributed by atoms with E-state index in [9.17, 15) is 5.11 Å². The van der Waals surface area contributed by atoms with E-state index in [0.29, 0.717) is 17.2 Å². The van der Waals surface area contributed by atoms with Crippen molar-refractivity contribution in [3.63, 3.8) is 0 Å². The number of benzene rings is 1. The van der Waals surface area contributed by atoms with Crippen molar-refractivity contribution in [2.75, 3.05) is 5.73 Å². The van der Waals surface area contributed by atoms with E-state index in [0.717, 1.165) is 5.56 Å². The van der Waals surface area contributed by atoms with E-state index in [1.165, 1.54) is 4.52 Å². The number of nitrogens with zero attached hydrogens (tertiary/aromatic N) is 3. The fourth-order valence-corrected chi connectivity index (χ4v) is 1.71. The zero-order chi connectivity index (χ0) is 11.8. The topological polar surface area (TPSA) is 76.4 Å². The molecular weight excluding hydrogens is 216 g/mol. The van der Waals surface area contributed by atoms with Crippen molar-refractivity contribution < 1.29 is 5.11 Å². The van der Waals surface area contributed by atoms with Crippen LogP contribution in [0, 0.1) is 0 Å². The summed E-state index contributed by atoms with van der Waals surface area (Å²) in [6, 6.07) is 10.6. The van der Waals surface area contributed by atoms with Crippen molar-refractivity contribution in [2.24, 2.45) is 0 Å². The number of nitrogens with two attached hydrogens (primary N) is 1. The molecule has 5 heteroatoms. The summed E-state index contributed by atoms with van der Waals surface area (Å²) in [5.74, 6) is 0.602. The Morgan fingerprint density at radius 1 is 1.12 bits per heavy atom. The monoisotopic (exact) mass is 226 g/mol. The number of aromatic hydroxyl groups is 1. The Bertz CT molecular complexity index is 690. The van der Waals surface area contributed by atoms with Gasteiger partial charge in [0.25, 0.3) is 0 Å². The molecule has 3 aromatic rings. The number of hydrogen-bond acceptors (Lipinski definition) is 4. The first-order valence-corrected chi connectivity index (χ1v) is 5.15. The highest BCUT2D eigenvalue weighted by Gasteiger charge is 2.10. The van der Waals surface area contributed by atoms with Crippen molar-refractivity contribution in [3.8, 4) is 17.1 Å². The normalized spacial score (nSPS) is 10.8. The van der Waals surface area contributed by atoms with Gasteiger partial charge in [0.05, 0.1) is 0 Å². The molecule has 0 unspecified atom stereocenters. The second-order valence-corrected chi connectivity index (χ2v) is 3.68. The van der Waals surface area contributed by atoms with Crippen molar-refractivity contribution in [1.82, 2.24) is 14.6 Å². The fraction of sp³-hybridized carbons (Fsp3) is 0. The molecule has 0 bridgehead atoms. The standard InChI is InChI=1S/C12H10N4O/c13-9-5-2-1-4-8(9)11-14-12-10(17)6-3-7-16(12)15-11/h1-7,17H,13H2. The summed E-state index contributed by atoms with van der Waals surface area (Å²) >= 11 is 0. The highest BCUT2D eigenvalue weighted by Crippen LogP contribution is 2.24. The van der Waals surface area contributed by atoms with Gasteiger partial charge in [-0.1, -0.05) is 12.1 Å². The minimum atomic E-state index is 0.0979. The Morgan fingerprint density at radius 3 is 2.71 bits per heavy atom. The van der Waals surface area contributed by atoms with Gasteiger partial charge in [-0.2, -0.15) is 0 Å². The lowest BCUT2D eigenvalue weighted by Crippen LogP contribution is -1.91. The molecule has 3 N–H and O–H groups in total. The highest BCUT2D eigenvalue weighted by atomic mass is 16.3. The maximum Gasteiger partial charge on any atom is 0.198 e. The van der Waals surface area contributed by atoms with Gasteiger partial charge < -0.3 is 10.8 Å². The highest BCUT2D eigenvalue weighted by molar-refractivity contribution is 5.72. The molecule has 3 rings (SSSR count). The summed E-state index contributed by atoms with van der Waals surface area (Å²) in [5, 5.41) is 13.9. The van der Waals surface area contributed by atoms with Crippen LogP contribution in [0.4, 0.5) is 5.69 Å². The summed E-state index contributed by atoms with van der Waals surface area (Å²) in [5.41, 5.74) is 7.66. The minimum absolute atomic E-state index is 0.0979. The fourth-order valence-electron chi connectivity index (χ4n) is 1.71. The second kappa shape index (κ2) is 3.48. The number of hydrogen-bond donors (Lipinski definition) is 2. The molecule has 2 aromatic heterocycles. The number of pyridine rings is 1. The van der Waals surface area contributed by atoms with Crippen molar-refractivity contribution in [2.45, 2.75) is 0 Å². The van der Waals surface area contributed by atoms with E-state index in [-0.39, 0.29) is 5.75 Å². The lowest BCUT2D eigenvalue weighted by atomic mass is 10.2. The van der Waals surface area contributed by atoms with Crippen LogP contribution in [0.25, 0.3) is 17.0 Å². The Labute approximate surface area is 97.1 Å². The van der Waals surface area contributed by atoms with Crippen LogP contribution in [-0.2, 0) is 0 Å². The van der Waals surface area contributed by atoms with E-state index >= 15 is 0 Å². The van der Waals surface area contributed by atoms with Gasteiger partial charge in [0.15, 0.2) is 17.2 Å². The third-order valence-electron chi connectivity index (χ3n) is 2.54. The van der Waals surface area contributed by atoms with Gasteiger partial charge in [-0.05, 0) is 24.3 Å². The maximum atomic E-state index is 9.65. The number of anilines is 1. The second-order valence-electron chi connectivity index (χ2n) is 3.68. The molecule has 0 aliphatic rings. The van der Waals surface area contributed by atoms with E-state index in [1.807, 2.05) is 18.2 Å². The van der Waals surface area contributed by atoms with Gasteiger partial charge in [0.1, 0.15) is 0 Å². The summed E-state index contributed by atoms with van der Waals surface area (Å²) in [4.78, 5) is 4.27. The van der Waals surface area contributed by atoms with Crippen molar-refractivity contribution in [3.05, 3.63) is 42.6 Å². The number of fused-ring (bicyclic) bond motifs is 1. The Morgan fingerprint density at radius 2 is 1.94 bits per heavy atom. The van der Waals surface area contributed by atoms with E-state index in [2.05, 4.69) is 10.1 Å². The van der Waals surface area contributed by atoms with Crippen LogP contribution < -0.4 is 5.73 Å². The molecule has 0 saturated heterocycles. The van der Waals surface area contributed by atoms with Gasteiger partial charge >= 0.3 is 0 Å². The van der Waals surface area contributed by atoms with Gasteiger partial charge in [0.2, 0.25) is 0 Å². The SMILES string of the molecule is Nc1ccccc1-c1nc2c(O)cccn2n1. The average Bonchev–Trinajstić information content (AvgIpc) is 2.75. The van der Waals surface area contributed by atoms with Crippen LogP contribution in [-0.4, -0.2) is 19.7 Å². The summed E-state index contributed by atoms with van der Waals surface area (Å²) in [6.45, 7) is 0. The smallest absolute Gasteiger partial charge is 0.198 e. The quantitative estimate of drug-likeness (QED) is 0.619. The molecule has 0 aliphatic heterocycles. The largest absolute Gasteiger partial charge is 0.504 e. The van der Waals surface area contributed by atoms with Gasteiger partial charge in [-0.3, -0.25) is 0 Å². The van der Waals surface area contributed by atoms with Crippen molar-refractivity contribution in [1.29, 1.82) is 0 Å². The predicted octanol–water partition coefficient (Wildman–Crippen LogP) is 1.68. The molecule has 0 radical (unpaired) electrons. The van der Waals surface area contributed by atoms with Gasteiger partial charge in [-0.25, -0.2) is 9.50 Å². The summed E-state index contributed by atoms with van der Waals surface area (Å²) < 4.78 is 1.52. The molecule has 0 amide bonds. The number of para-hydroxylation sites is 1. The van der Waals surface area contributed by atoms with Crippen LogP contribution in [0.2, 0.25) is 0 Å². The predicted molar refractivity (Wildman–Crippen MR) is 64.5 cm³/mol. The van der Waals surface area contributed by atoms with Crippen LogP contribution in [0.5, 0.6) is 5.75 Å². The Balaban J connectivity index is 2.26. The molecule has 1 aromatic carbocycles. The average molecular weight is 226 g/mol. The molecule has 0 atom stereocenters. The van der Waals surface area contributed by atoms with Crippen LogP contribution in [0.3, 0.4) is 0 Å². The van der Waals surface area contributed by atoms with Gasteiger partial charge in [-0.15, -0.1) is 5.10 Å². The molecular formula is C12H10N4O. The maximum absolute atomic E-state index is 9.65. The molecule has 84 valence electrons. The van der Waals surface area contributed by atoms with Crippen LogP contribution >= 0.6 is 0 Å². The number of rotatable bonds is 1. The molecule has 0 aliphatic carbocycles. The summed E-state index contributed by atoms with van der Waals surface area (Å²) in [7, 11) is 0. The molecule has 5 nitrogen and oxygen atoms in total. The Kier molecular flexibility index (Phi) is 1.98. The van der Waals surface area contributed by atoms with E-state index in [4.69, 9.17) is 5.73 Å². The zero-order valence-corrected chi connectivity index (χ0v) is 8.91. The molecule has 17 heavy (non-hydrogen) atoms. The van der Waals surface area contributed by atoms with E-state index < -0.39 is 0 Å². The first kappa shape index (κ1) is 9.65. The third kappa shape index (κ3) is 1.48. The third-order valence-corrected chi connectivity index (χ3v) is 2.54. The van der Waals surface area contributed by atoms with E-state index in [1.54, 1.807) is 24.4 Å². The van der Waals surface area contributed by atoms with Crippen LogP contribution in [0.1, 0.15) is 0 Å². The van der Waals surface area contributed by atoms with Gasteiger partial charge in [0, 0.05) is 17.4 Å². The summed E-state index contributed by atoms with van der Waals surface area (Å²) in [6.07, 6.45) is 1.73. The number of nitrogen functional groups attached to an aromatic ring is 1. The first-order valence-electron chi connectivity index (χ1n) is 5.15. The van der Waals surface area contributed by atoms with Crippen molar-refractivity contribution >= 4 is 11.3 Å². The molecule has 2 heterocycles. The number of aromatic nitrogens is 3. The lowest BCUT2D eigenvalue weighted by Gasteiger charge is -1.98. The first-order chi connectivity index (χ1) is 8.25. The van der Waals surface area contributed by atoms with Crippen LogP contribution in [0.15, 0.2) is 42.6 Å². The molecule has 0 spiro atoms. The molecule has 0 fully saturated rings.